The number of hydrazine groups is 1. The van der Waals surface area contributed by atoms with Gasteiger partial charge in [0.1, 0.15) is 11.8 Å². The van der Waals surface area contributed by atoms with Gasteiger partial charge in [-0.1, -0.05) is 31.2 Å². The summed E-state index contributed by atoms with van der Waals surface area (Å²) >= 11 is 0. The topological polar surface area (TPSA) is 93.2 Å². The highest BCUT2D eigenvalue weighted by Gasteiger charge is 2.30. The second-order valence-electron chi connectivity index (χ2n) is 6.91. The van der Waals surface area contributed by atoms with E-state index in [0.29, 0.717) is 29.2 Å². The molecule has 1 aliphatic heterocycles. The molecule has 0 aromatic heterocycles. The maximum Gasteiger partial charge on any atom is 0.258 e. The Morgan fingerprint density at radius 3 is 2.37 bits per heavy atom. The van der Waals surface area contributed by atoms with Crippen LogP contribution in [0.15, 0.2) is 41.5 Å². The SMILES string of the molecule is CCc1ccc(C2CC(C(=O)N/N=C/c3cc(OC)c(OC)cc3OC)NN2)cc1. The standard InChI is InChI=1S/C22H28N4O4/c1-5-14-6-8-15(9-7-14)17-11-18(25-24-17)22(27)26-23-13-16-10-20(29-3)21(30-4)12-19(16)28-2/h6-10,12-13,17-18,24-25H,5,11H2,1-4H3,(H,26,27)/b23-13+. The van der Waals surface area contributed by atoms with E-state index in [1.165, 1.54) is 11.8 Å². The van der Waals surface area contributed by atoms with Crippen molar-refractivity contribution in [3.05, 3.63) is 53.1 Å². The number of benzene rings is 2. The molecule has 3 N–H and O–H groups in total. The molecule has 1 aliphatic rings. The van der Waals surface area contributed by atoms with E-state index in [1.807, 2.05) is 0 Å². The Balaban J connectivity index is 1.61. The minimum absolute atomic E-state index is 0.0709. The third kappa shape index (κ3) is 4.90. The number of hydrogen-bond acceptors (Lipinski definition) is 7. The van der Waals surface area contributed by atoms with E-state index in [0.717, 1.165) is 12.0 Å². The molecule has 0 aliphatic carbocycles. The summed E-state index contributed by atoms with van der Waals surface area (Å²) in [5.41, 5.74) is 11.9. The van der Waals surface area contributed by atoms with Crippen LogP contribution in [0, 0.1) is 0 Å². The maximum absolute atomic E-state index is 12.5. The molecule has 0 radical (unpaired) electrons. The maximum atomic E-state index is 12.5. The zero-order valence-corrected chi connectivity index (χ0v) is 17.7. The predicted octanol–water partition coefficient (Wildman–Crippen LogP) is 2.33. The molecule has 3 rings (SSSR count). The second-order valence-corrected chi connectivity index (χ2v) is 6.91. The Bertz CT molecular complexity index is 899. The Morgan fingerprint density at radius 2 is 1.73 bits per heavy atom. The molecule has 0 saturated carbocycles. The molecule has 2 aromatic carbocycles. The molecule has 30 heavy (non-hydrogen) atoms. The fourth-order valence-electron chi connectivity index (χ4n) is 3.33. The molecule has 8 nitrogen and oxygen atoms in total. The molecule has 8 heteroatoms. The molecule has 0 bridgehead atoms. The average molecular weight is 412 g/mol. The van der Waals surface area contributed by atoms with E-state index < -0.39 is 0 Å². The summed E-state index contributed by atoms with van der Waals surface area (Å²) in [6.07, 6.45) is 3.15. The summed E-state index contributed by atoms with van der Waals surface area (Å²) in [4.78, 5) is 12.5. The quantitative estimate of drug-likeness (QED) is 0.455. The Labute approximate surface area is 176 Å². The highest BCUT2D eigenvalue weighted by Crippen LogP contribution is 2.33. The summed E-state index contributed by atoms with van der Waals surface area (Å²) in [5, 5.41) is 4.08. The van der Waals surface area contributed by atoms with Gasteiger partial charge in [-0.25, -0.2) is 16.3 Å². The number of methoxy groups -OCH3 is 3. The van der Waals surface area contributed by atoms with Crippen molar-refractivity contribution in [2.24, 2.45) is 5.10 Å². The van der Waals surface area contributed by atoms with Gasteiger partial charge in [0, 0.05) is 17.7 Å². The Kier molecular flexibility index (Phi) is 7.26. The summed E-state index contributed by atoms with van der Waals surface area (Å²) in [6, 6.07) is 11.6. The molecule has 2 atom stereocenters. The molecule has 1 fully saturated rings. The molecule has 1 amide bonds. The molecule has 1 heterocycles. The van der Waals surface area contributed by atoms with E-state index in [9.17, 15) is 4.79 Å². The van der Waals surface area contributed by atoms with Crippen molar-refractivity contribution in [3.63, 3.8) is 0 Å². The monoisotopic (exact) mass is 412 g/mol. The average Bonchev–Trinajstić information content (AvgIpc) is 3.29. The number of nitrogens with zero attached hydrogens (tertiary/aromatic N) is 1. The van der Waals surface area contributed by atoms with Crippen LogP contribution in [0.25, 0.3) is 0 Å². The van der Waals surface area contributed by atoms with Gasteiger partial charge in [0.05, 0.1) is 27.5 Å². The van der Waals surface area contributed by atoms with Gasteiger partial charge in [0.2, 0.25) is 0 Å². The summed E-state index contributed by atoms with van der Waals surface area (Å²) < 4.78 is 15.9. The Morgan fingerprint density at radius 1 is 1.07 bits per heavy atom. The van der Waals surface area contributed by atoms with Gasteiger partial charge in [-0.2, -0.15) is 5.10 Å². The van der Waals surface area contributed by atoms with Crippen LogP contribution in [0.3, 0.4) is 0 Å². The number of nitrogens with one attached hydrogen (secondary N) is 3. The van der Waals surface area contributed by atoms with Crippen LogP contribution in [-0.2, 0) is 11.2 Å². The predicted molar refractivity (Wildman–Crippen MR) is 115 cm³/mol. The van der Waals surface area contributed by atoms with Gasteiger partial charge in [0.15, 0.2) is 11.5 Å². The zero-order chi connectivity index (χ0) is 21.5. The lowest BCUT2D eigenvalue weighted by Gasteiger charge is -2.12. The summed E-state index contributed by atoms with van der Waals surface area (Å²) in [6.45, 7) is 2.13. The van der Waals surface area contributed by atoms with Crippen molar-refractivity contribution in [1.82, 2.24) is 16.3 Å². The number of carbonyl (C=O) groups excluding carboxylic acids is 1. The number of hydrogen-bond donors (Lipinski definition) is 3. The lowest BCUT2D eigenvalue weighted by molar-refractivity contribution is -0.122. The van der Waals surface area contributed by atoms with Crippen LogP contribution >= 0.6 is 0 Å². The smallest absolute Gasteiger partial charge is 0.258 e. The van der Waals surface area contributed by atoms with Gasteiger partial charge in [-0.3, -0.25) is 4.79 Å². The number of ether oxygens (including phenoxy) is 3. The van der Waals surface area contributed by atoms with Crippen molar-refractivity contribution in [2.75, 3.05) is 21.3 Å². The highest BCUT2D eigenvalue weighted by atomic mass is 16.5. The Hall–Kier alpha value is -3.10. The number of carbonyl (C=O) groups is 1. The normalized spacial score (nSPS) is 18.4. The van der Waals surface area contributed by atoms with Crippen LogP contribution in [0.1, 0.15) is 36.1 Å². The van der Waals surface area contributed by atoms with Crippen molar-refractivity contribution < 1.29 is 19.0 Å². The number of rotatable bonds is 8. The molecule has 160 valence electrons. The fraction of sp³-hybridized carbons (Fsp3) is 0.364. The van der Waals surface area contributed by atoms with E-state index in [2.05, 4.69) is 52.6 Å². The van der Waals surface area contributed by atoms with Gasteiger partial charge in [-0.15, -0.1) is 0 Å². The third-order valence-electron chi connectivity index (χ3n) is 5.12. The fourth-order valence-corrected chi connectivity index (χ4v) is 3.33. The highest BCUT2D eigenvalue weighted by molar-refractivity contribution is 5.87. The molecule has 1 saturated heterocycles. The first-order valence-corrected chi connectivity index (χ1v) is 9.82. The molecular formula is C22H28N4O4. The van der Waals surface area contributed by atoms with E-state index in [1.54, 1.807) is 33.5 Å². The second kappa shape index (κ2) is 10.1. The molecular weight excluding hydrogens is 384 g/mol. The first-order valence-electron chi connectivity index (χ1n) is 9.82. The zero-order valence-electron chi connectivity index (χ0n) is 17.7. The first-order chi connectivity index (χ1) is 14.6. The summed E-state index contributed by atoms with van der Waals surface area (Å²) in [5.74, 6) is 1.44. The van der Waals surface area contributed by atoms with Crippen molar-refractivity contribution in [3.8, 4) is 17.2 Å². The van der Waals surface area contributed by atoms with Gasteiger partial charge >= 0.3 is 0 Å². The first kappa shape index (κ1) is 21.6. The van der Waals surface area contributed by atoms with E-state index >= 15 is 0 Å². The van der Waals surface area contributed by atoms with Gasteiger partial charge in [-0.05, 0) is 30.0 Å². The van der Waals surface area contributed by atoms with Crippen LogP contribution < -0.4 is 30.5 Å². The van der Waals surface area contributed by atoms with Crippen molar-refractivity contribution >= 4 is 12.1 Å². The van der Waals surface area contributed by atoms with E-state index in [4.69, 9.17) is 14.2 Å². The van der Waals surface area contributed by atoms with Crippen LogP contribution in [0.5, 0.6) is 17.2 Å². The minimum Gasteiger partial charge on any atom is -0.496 e. The minimum atomic E-state index is -0.384. The van der Waals surface area contributed by atoms with Crippen molar-refractivity contribution in [2.45, 2.75) is 31.8 Å². The van der Waals surface area contributed by atoms with Crippen LogP contribution in [0.2, 0.25) is 0 Å². The van der Waals surface area contributed by atoms with Crippen LogP contribution in [-0.4, -0.2) is 39.5 Å². The summed E-state index contributed by atoms with van der Waals surface area (Å²) in [7, 11) is 4.66. The van der Waals surface area contributed by atoms with E-state index in [-0.39, 0.29) is 18.0 Å². The largest absolute Gasteiger partial charge is 0.496 e. The third-order valence-corrected chi connectivity index (χ3v) is 5.12. The number of aryl methyl sites for hydroxylation is 1. The van der Waals surface area contributed by atoms with Gasteiger partial charge in [0.25, 0.3) is 5.91 Å². The lowest BCUT2D eigenvalue weighted by atomic mass is 10.00. The molecule has 2 aromatic rings. The van der Waals surface area contributed by atoms with Crippen molar-refractivity contribution in [1.29, 1.82) is 0 Å². The molecule has 0 spiro atoms. The van der Waals surface area contributed by atoms with Crippen LogP contribution in [0.4, 0.5) is 0 Å². The van der Waals surface area contributed by atoms with Gasteiger partial charge < -0.3 is 14.2 Å². The number of hydrazone groups is 1. The lowest BCUT2D eigenvalue weighted by Crippen LogP contribution is -2.41. The number of amides is 1. The molecule has 2 unspecified atom stereocenters.